The molecule has 2 rings (SSSR count). The van der Waals surface area contributed by atoms with Crippen LogP contribution < -0.4 is 0 Å². The molecule has 92 valence electrons. The molecule has 0 radical (unpaired) electrons. The number of benzene rings is 1. The second-order valence-electron chi connectivity index (χ2n) is 4.02. The zero-order valence-corrected chi connectivity index (χ0v) is 11.0. The number of halogens is 2. The Morgan fingerprint density at radius 2 is 2.35 bits per heavy atom. The van der Waals surface area contributed by atoms with Gasteiger partial charge in [0.15, 0.2) is 0 Å². The summed E-state index contributed by atoms with van der Waals surface area (Å²) < 4.78 is 19.4. The molecule has 1 aliphatic rings. The van der Waals surface area contributed by atoms with Gasteiger partial charge in [-0.2, -0.15) is 0 Å². The third kappa shape index (κ3) is 2.66. The number of hydrogen-bond donors (Lipinski definition) is 0. The van der Waals surface area contributed by atoms with Crippen molar-refractivity contribution in [3.8, 4) is 0 Å². The third-order valence-electron chi connectivity index (χ3n) is 2.93. The molecule has 17 heavy (non-hydrogen) atoms. The lowest BCUT2D eigenvalue weighted by Gasteiger charge is -2.16. The first-order valence-electron chi connectivity index (χ1n) is 5.39. The Morgan fingerprint density at radius 3 is 2.94 bits per heavy atom. The van der Waals surface area contributed by atoms with Gasteiger partial charge in [-0.05, 0) is 24.6 Å². The van der Waals surface area contributed by atoms with Gasteiger partial charge in [0, 0.05) is 24.7 Å². The molecule has 1 heterocycles. The Bertz CT molecular complexity index is 439. The molecule has 1 saturated heterocycles. The number of hydrogen-bond acceptors (Lipinski definition) is 2. The van der Waals surface area contributed by atoms with E-state index in [0.717, 1.165) is 6.42 Å². The molecule has 3 nitrogen and oxygen atoms in total. The number of carbonyl (C=O) groups excluding carboxylic acids is 1. The minimum Gasteiger partial charge on any atom is -0.380 e. The Morgan fingerprint density at radius 1 is 1.59 bits per heavy atom. The first-order valence-corrected chi connectivity index (χ1v) is 6.18. The molecule has 0 saturated carbocycles. The maximum absolute atomic E-state index is 13.6. The number of ether oxygens (including phenoxy) is 1. The van der Waals surface area contributed by atoms with E-state index in [9.17, 15) is 9.18 Å². The highest BCUT2D eigenvalue weighted by atomic mass is 79.9. The predicted molar refractivity (Wildman–Crippen MR) is 65.4 cm³/mol. The second-order valence-corrected chi connectivity index (χ2v) is 4.94. The van der Waals surface area contributed by atoms with E-state index < -0.39 is 5.82 Å². The number of nitrogens with zero attached hydrogens (tertiary/aromatic N) is 1. The molecule has 1 unspecified atom stereocenters. The molecule has 0 bridgehead atoms. The average Bonchev–Trinajstić information content (AvgIpc) is 2.76. The van der Waals surface area contributed by atoms with E-state index in [-0.39, 0.29) is 17.6 Å². The Hall–Kier alpha value is -0.940. The maximum Gasteiger partial charge on any atom is 0.256 e. The predicted octanol–water partition coefficient (Wildman–Crippen LogP) is 2.45. The van der Waals surface area contributed by atoms with Gasteiger partial charge >= 0.3 is 0 Å². The first kappa shape index (κ1) is 12.5. The number of methoxy groups -OCH3 is 1. The van der Waals surface area contributed by atoms with Crippen molar-refractivity contribution in [3.05, 3.63) is 34.1 Å². The Balaban J connectivity index is 2.15. The van der Waals surface area contributed by atoms with E-state index >= 15 is 0 Å². The average molecular weight is 302 g/mol. The lowest BCUT2D eigenvalue weighted by Crippen LogP contribution is -2.30. The van der Waals surface area contributed by atoms with Gasteiger partial charge < -0.3 is 9.64 Å². The van der Waals surface area contributed by atoms with Crippen molar-refractivity contribution in [2.75, 3.05) is 20.2 Å². The second kappa shape index (κ2) is 5.14. The fourth-order valence-electron chi connectivity index (χ4n) is 1.94. The van der Waals surface area contributed by atoms with Crippen LogP contribution in [0.2, 0.25) is 0 Å². The summed E-state index contributed by atoms with van der Waals surface area (Å²) in [4.78, 5) is 13.7. The van der Waals surface area contributed by atoms with Gasteiger partial charge in [-0.3, -0.25) is 4.79 Å². The quantitative estimate of drug-likeness (QED) is 0.840. The number of amides is 1. The van der Waals surface area contributed by atoms with Crippen LogP contribution in [0, 0.1) is 5.82 Å². The monoisotopic (exact) mass is 301 g/mol. The molecule has 1 aromatic rings. The summed E-state index contributed by atoms with van der Waals surface area (Å²) in [6, 6.07) is 4.47. The Labute approximate surface area is 108 Å². The van der Waals surface area contributed by atoms with Crippen LogP contribution in [0.5, 0.6) is 0 Å². The third-order valence-corrected chi connectivity index (χ3v) is 3.42. The topological polar surface area (TPSA) is 29.5 Å². The molecular formula is C12H13BrFNO2. The van der Waals surface area contributed by atoms with Crippen molar-refractivity contribution < 1.29 is 13.9 Å². The highest BCUT2D eigenvalue weighted by Crippen LogP contribution is 2.20. The summed E-state index contributed by atoms with van der Waals surface area (Å²) in [6.07, 6.45) is 0.873. The summed E-state index contributed by atoms with van der Waals surface area (Å²) in [5.74, 6) is -0.764. The Kier molecular flexibility index (Phi) is 3.79. The van der Waals surface area contributed by atoms with Crippen molar-refractivity contribution in [1.29, 1.82) is 0 Å². The van der Waals surface area contributed by atoms with Gasteiger partial charge in [0.25, 0.3) is 5.91 Å². The molecule has 1 aliphatic heterocycles. The van der Waals surface area contributed by atoms with Crippen LogP contribution in [-0.2, 0) is 4.74 Å². The van der Waals surface area contributed by atoms with Crippen LogP contribution in [-0.4, -0.2) is 37.1 Å². The molecule has 0 aromatic heterocycles. The zero-order chi connectivity index (χ0) is 12.4. The lowest BCUT2D eigenvalue weighted by molar-refractivity contribution is 0.0720. The van der Waals surface area contributed by atoms with E-state index in [1.54, 1.807) is 18.1 Å². The molecule has 0 spiro atoms. The highest BCUT2D eigenvalue weighted by molar-refractivity contribution is 9.10. The minimum absolute atomic E-state index is 0.0671. The summed E-state index contributed by atoms with van der Waals surface area (Å²) in [7, 11) is 1.62. The minimum atomic E-state index is -0.495. The van der Waals surface area contributed by atoms with E-state index in [2.05, 4.69) is 15.9 Å². The molecule has 0 N–H and O–H groups in total. The fraction of sp³-hybridized carbons (Fsp3) is 0.417. The van der Waals surface area contributed by atoms with Crippen LogP contribution >= 0.6 is 15.9 Å². The van der Waals surface area contributed by atoms with Crippen LogP contribution in [0.25, 0.3) is 0 Å². The van der Waals surface area contributed by atoms with Gasteiger partial charge in [-0.25, -0.2) is 4.39 Å². The van der Waals surface area contributed by atoms with Crippen LogP contribution in [0.4, 0.5) is 4.39 Å². The lowest BCUT2D eigenvalue weighted by atomic mass is 10.2. The fourth-order valence-corrected chi connectivity index (χ4v) is 2.27. The van der Waals surface area contributed by atoms with Crippen LogP contribution in [0.1, 0.15) is 16.8 Å². The van der Waals surface area contributed by atoms with Crippen molar-refractivity contribution in [2.24, 2.45) is 0 Å². The van der Waals surface area contributed by atoms with E-state index in [1.807, 2.05) is 0 Å². The molecule has 5 heteroatoms. The molecule has 1 atom stereocenters. The number of rotatable bonds is 2. The summed E-state index contributed by atoms with van der Waals surface area (Å²) >= 11 is 3.16. The first-order chi connectivity index (χ1) is 8.11. The summed E-state index contributed by atoms with van der Waals surface area (Å²) in [6.45, 7) is 1.15. The van der Waals surface area contributed by atoms with E-state index in [1.165, 1.54) is 12.1 Å². The van der Waals surface area contributed by atoms with Crippen molar-refractivity contribution in [2.45, 2.75) is 12.5 Å². The largest absolute Gasteiger partial charge is 0.380 e. The summed E-state index contributed by atoms with van der Waals surface area (Å²) in [5.41, 5.74) is 0.116. The van der Waals surface area contributed by atoms with Crippen molar-refractivity contribution in [3.63, 3.8) is 0 Å². The standard InChI is InChI=1S/C12H13BrFNO2/c1-17-9-4-5-15(7-9)12(16)10-3-2-8(13)6-11(10)14/h2-3,6,9H,4-5,7H2,1H3. The molecule has 1 amide bonds. The SMILES string of the molecule is COC1CCN(C(=O)c2ccc(Br)cc2F)C1. The van der Waals surface area contributed by atoms with E-state index in [0.29, 0.717) is 17.6 Å². The van der Waals surface area contributed by atoms with Crippen LogP contribution in [0.3, 0.4) is 0 Å². The zero-order valence-electron chi connectivity index (χ0n) is 9.45. The van der Waals surface area contributed by atoms with Crippen molar-refractivity contribution >= 4 is 21.8 Å². The molecule has 1 aromatic carbocycles. The van der Waals surface area contributed by atoms with Gasteiger partial charge in [0.1, 0.15) is 5.82 Å². The normalized spacial score (nSPS) is 19.7. The van der Waals surface area contributed by atoms with Crippen LogP contribution in [0.15, 0.2) is 22.7 Å². The molecular weight excluding hydrogens is 289 g/mol. The smallest absolute Gasteiger partial charge is 0.256 e. The van der Waals surface area contributed by atoms with Gasteiger partial charge in [-0.15, -0.1) is 0 Å². The van der Waals surface area contributed by atoms with E-state index in [4.69, 9.17) is 4.74 Å². The molecule has 0 aliphatic carbocycles. The van der Waals surface area contributed by atoms with Crippen molar-refractivity contribution in [1.82, 2.24) is 4.90 Å². The van der Waals surface area contributed by atoms with Gasteiger partial charge in [0.2, 0.25) is 0 Å². The summed E-state index contributed by atoms with van der Waals surface area (Å²) in [5, 5.41) is 0. The van der Waals surface area contributed by atoms with Gasteiger partial charge in [0.05, 0.1) is 11.7 Å². The highest BCUT2D eigenvalue weighted by Gasteiger charge is 2.28. The number of likely N-dealkylation sites (tertiary alicyclic amines) is 1. The number of carbonyl (C=O) groups is 1. The van der Waals surface area contributed by atoms with Gasteiger partial charge in [-0.1, -0.05) is 15.9 Å². The maximum atomic E-state index is 13.6. The molecule has 1 fully saturated rings.